The molecule has 43 heavy (non-hydrogen) atoms. The summed E-state index contributed by atoms with van der Waals surface area (Å²) in [5, 5.41) is 24.9. The summed E-state index contributed by atoms with van der Waals surface area (Å²) in [6.07, 6.45) is -0.894. The number of hydrogen-bond acceptors (Lipinski definition) is 9. The largest absolute Gasteiger partial charge is 0.490 e. The first-order valence-corrected chi connectivity index (χ1v) is 13.7. The van der Waals surface area contributed by atoms with Crippen molar-refractivity contribution in [2.24, 2.45) is 11.7 Å². The van der Waals surface area contributed by atoms with E-state index in [0.717, 1.165) is 18.5 Å². The number of nitrogens with two attached hydrogens (primary N) is 1. The van der Waals surface area contributed by atoms with Gasteiger partial charge in [-0.25, -0.2) is 18.0 Å². The fourth-order valence-electron chi connectivity index (χ4n) is 3.53. The third-order valence-electron chi connectivity index (χ3n) is 5.48. The maximum absolute atomic E-state index is 12.8. The lowest BCUT2D eigenvalue weighted by Crippen LogP contribution is -2.54. The van der Waals surface area contributed by atoms with Crippen molar-refractivity contribution >= 4 is 39.3 Å². The topological polar surface area (TPSA) is 216 Å². The number of carboxylic acid groups (broad SMARTS) is 2. The second-order valence-corrected chi connectivity index (χ2v) is 10.5. The number of pyridine rings is 1. The van der Waals surface area contributed by atoms with Crippen molar-refractivity contribution in [2.45, 2.75) is 31.4 Å². The Kier molecular flexibility index (Phi) is 13.7. The maximum atomic E-state index is 12.8. The Morgan fingerprint density at radius 1 is 1.07 bits per heavy atom. The molecule has 0 saturated carbocycles. The zero-order valence-corrected chi connectivity index (χ0v) is 22.8. The van der Waals surface area contributed by atoms with Gasteiger partial charge in [0.2, 0.25) is 10.0 Å². The number of carboxylic acids is 2. The number of likely N-dealkylation sites (tertiary alicyclic amines) is 1. The highest BCUT2D eigenvalue weighted by molar-refractivity contribution is 7.89. The third-order valence-corrected chi connectivity index (χ3v) is 6.82. The number of hydrogen-bond donors (Lipinski definition) is 6. The summed E-state index contributed by atoms with van der Waals surface area (Å²) in [6.45, 7) is 1.64. The molecule has 1 aromatic heterocycles. The number of carbonyl (C=O) groups is 3. The van der Waals surface area contributed by atoms with Gasteiger partial charge in [-0.3, -0.25) is 20.1 Å². The van der Waals surface area contributed by atoms with Gasteiger partial charge < -0.3 is 21.3 Å². The summed E-state index contributed by atoms with van der Waals surface area (Å²) >= 11 is 0. The number of halogens is 6. The van der Waals surface area contributed by atoms with Crippen LogP contribution in [0.5, 0.6) is 0 Å². The van der Waals surface area contributed by atoms with Crippen LogP contribution in [0.25, 0.3) is 0 Å². The number of Topliss-reactive ketones (excluding diaryl/α,β-unsaturated/α-hetero) is 1. The Bertz CT molecular complexity index is 1270. The molecule has 13 nitrogen and oxygen atoms in total. The Morgan fingerprint density at radius 3 is 2.00 bits per heavy atom. The van der Waals surface area contributed by atoms with Crippen molar-refractivity contribution in [3.63, 3.8) is 0 Å². The molecule has 1 unspecified atom stereocenters. The van der Waals surface area contributed by atoms with Gasteiger partial charge in [-0.2, -0.15) is 31.1 Å². The summed E-state index contributed by atoms with van der Waals surface area (Å²) in [5.74, 6) is -7.02. The average molecular weight is 647 g/mol. The predicted molar refractivity (Wildman–Crippen MR) is 139 cm³/mol. The Balaban J connectivity index is 0.000000548. The minimum atomic E-state index is -5.08. The second kappa shape index (κ2) is 16.0. The number of alkyl halides is 6. The van der Waals surface area contributed by atoms with Crippen LogP contribution in [0.2, 0.25) is 0 Å². The lowest BCUT2D eigenvalue weighted by atomic mass is 9.89. The number of sulfonamides is 1. The van der Waals surface area contributed by atoms with E-state index in [-0.39, 0.29) is 29.5 Å². The van der Waals surface area contributed by atoms with Crippen molar-refractivity contribution in [2.75, 3.05) is 30.7 Å². The molecule has 1 aliphatic heterocycles. The first-order chi connectivity index (χ1) is 19.8. The monoisotopic (exact) mass is 646 g/mol. The van der Waals surface area contributed by atoms with Gasteiger partial charge in [0.15, 0.2) is 5.78 Å². The van der Waals surface area contributed by atoms with Gasteiger partial charge >= 0.3 is 24.3 Å². The van der Waals surface area contributed by atoms with Gasteiger partial charge in [0, 0.05) is 24.6 Å². The van der Waals surface area contributed by atoms with Crippen LogP contribution >= 0.6 is 0 Å². The molecular formula is C23H28F6N6O7S. The van der Waals surface area contributed by atoms with E-state index in [9.17, 15) is 39.6 Å². The molecule has 1 aliphatic carbocycles. The van der Waals surface area contributed by atoms with Gasteiger partial charge in [0.05, 0.1) is 23.4 Å². The van der Waals surface area contributed by atoms with Crippen LogP contribution in [0.3, 0.4) is 0 Å². The van der Waals surface area contributed by atoms with Crippen LogP contribution in [0.1, 0.15) is 12.8 Å². The zero-order valence-electron chi connectivity index (χ0n) is 22.0. The van der Waals surface area contributed by atoms with Gasteiger partial charge in [-0.05, 0) is 44.1 Å². The molecule has 2 aliphatic rings. The van der Waals surface area contributed by atoms with Crippen LogP contribution in [-0.4, -0.2) is 96.0 Å². The molecule has 0 amide bonds. The number of amidine groups is 1. The molecular weight excluding hydrogens is 618 g/mol. The molecule has 2 heterocycles. The molecule has 0 aromatic carbocycles. The van der Waals surface area contributed by atoms with Gasteiger partial charge in [0.1, 0.15) is 5.84 Å². The van der Waals surface area contributed by atoms with Crippen molar-refractivity contribution in [3.8, 4) is 0 Å². The summed E-state index contributed by atoms with van der Waals surface area (Å²) < 4.78 is 91.7. The molecule has 1 aromatic rings. The standard InChI is InChI=1S/C19H26N6O3S.2C2HF3O2/c20-18(21)15-4-3-5-16(17(15)26)19(25-11-1-2-12-25)24-29(27,28)13-10-23-14-6-8-22-9-7-14;2*3-2(4,5)1(6)7/h3-9,16,19,24H,1-2,10-13H2,(H3,20,21)(H,22,23);2*(H,6,7)/t16-,19?;;/m1../s1. The van der Waals surface area contributed by atoms with Gasteiger partial charge in [0.25, 0.3) is 0 Å². The molecule has 1 saturated heterocycles. The molecule has 0 bridgehead atoms. The van der Waals surface area contributed by atoms with Crippen molar-refractivity contribution in [1.29, 1.82) is 5.41 Å². The molecule has 240 valence electrons. The predicted octanol–water partition coefficient (Wildman–Crippen LogP) is 1.72. The van der Waals surface area contributed by atoms with E-state index in [1.807, 2.05) is 4.90 Å². The van der Waals surface area contributed by atoms with E-state index < -0.39 is 46.4 Å². The number of nitrogens with one attached hydrogen (secondary N) is 3. The molecule has 3 rings (SSSR count). The number of carbonyl (C=O) groups excluding carboxylic acids is 1. The van der Waals surface area contributed by atoms with Gasteiger partial charge in [-0.1, -0.05) is 12.2 Å². The summed E-state index contributed by atoms with van der Waals surface area (Å²) in [5.41, 5.74) is 6.41. The van der Waals surface area contributed by atoms with Crippen LogP contribution < -0.4 is 15.8 Å². The number of rotatable bonds is 9. The number of nitrogens with zero attached hydrogens (tertiary/aromatic N) is 2. The van der Waals surface area contributed by atoms with E-state index >= 15 is 0 Å². The Hall–Kier alpha value is -4.04. The SMILES string of the molecule is N=C(N)C1=CC=C[C@@H](C(NS(=O)(=O)CCNc2ccncc2)N2CCCC2)C1=O.O=C(O)C(F)(F)F.O=C(O)C(F)(F)F. The molecule has 7 N–H and O–H groups in total. The molecule has 0 spiro atoms. The highest BCUT2D eigenvalue weighted by Crippen LogP contribution is 2.24. The number of aromatic nitrogens is 1. The Morgan fingerprint density at radius 2 is 1.56 bits per heavy atom. The second-order valence-electron chi connectivity index (χ2n) is 8.66. The van der Waals surface area contributed by atoms with Crippen molar-refractivity contribution in [3.05, 3.63) is 48.3 Å². The number of aliphatic carboxylic acids is 2. The number of ketones is 1. The molecule has 2 atom stereocenters. The van der Waals surface area contributed by atoms with Crippen LogP contribution in [-0.2, 0) is 24.4 Å². The lowest BCUT2D eigenvalue weighted by molar-refractivity contribution is -0.193. The normalized spacial score (nSPS) is 17.9. The minimum Gasteiger partial charge on any atom is -0.475 e. The van der Waals surface area contributed by atoms with Crippen LogP contribution in [0, 0.1) is 11.3 Å². The smallest absolute Gasteiger partial charge is 0.475 e. The maximum Gasteiger partial charge on any atom is 0.490 e. The lowest BCUT2D eigenvalue weighted by Gasteiger charge is -2.33. The fraction of sp³-hybridized carbons (Fsp3) is 0.435. The van der Waals surface area contributed by atoms with Crippen molar-refractivity contribution in [1.82, 2.24) is 14.6 Å². The molecule has 20 heteroatoms. The fourth-order valence-corrected chi connectivity index (χ4v) is 4.68. The molecule has 0 radical (unpaired) electrons. The van der Waals surface area contributed by atoms with E-state index in [4.69, 9.17) is 30.9 Å². The van der Waals surface area contributed by atoms with Crippen molar-refractivity contribution < 1.29 is 59.4 Å². The van der Waals surface area contributed by atoms with E-state index in [2.05, 4.69) is 15.0 Å². The highest BCUT2D eigenvalue weighted by atomic mass is 32.2. The van der Waals surface area contributed by atoms with Gasteiger partial charge in [-0.15, -0.1) is 0 Å². The number of allylic oxidation sites excluding steroid dienone is 2. The minimum absolute atomic E-state index is 0.111. The summed E-state index contributed by atoms with van der Waals surface area (Å²) in [4.78, 5) is 36.5. The van der Waals surface area contributed by atoms with E-state index in [1.165, 1.54) is 6.08 Å². The van der Waals surface area contributed by atoms with E-state index in [1.54, 1.807) is 36.7 Å². The van der Waals surface area contributed by atoms with Crippen LogP contribution in [0.15, 0.2) is 48.3 Å². The summed E-state index contributed by atoms with van der Waals surface area (Å²) in [6, 6.07) is 3.52. The highest BCUT2D eigenvalue weighted by Gasteiger charge is 2.39. The first kappa shape index (κ1) is 37.0. The Labute approximate surface area is 241 Å². The first-order valence-electron chi connectivity index (χ1n) is 12.0. The van der Waals surface area contributed by atoms with E-state index in [0.29, 0.717) is 13.1 Å². The average Bonchev–Trinajstić information content (AvgIpc) is 3.42. The quantitative estimate of drug-likeness (QED) is 0.129. The van der Waals surface area contributed by atoms with Crippen LogP contribution in [0.4, 0.5) is 32.0 Å². The third kappa shape index (κ3) is 13.2. The number of anilines is 1. The summed E-state index contributed by atoms with van der Waals surface area (Å²) in [7, 11) is -3.66. The molecule has 1 fully saturated rings. The zero-order chi connectivity index (χ0) is 33.0.